The van der Waals surface area contributed by atoms with Crippen LogP contribution in [0.25, 0.3) is 0 Å². The van der Waals surface area contributed by atoms with Crippen LogP contribution in [0, 0.1) is 5.41 Å². The molecule has 3 heteroatoms. The van der Waals surface area contributed by atoms with Gasteiger partial charge in [0.15, 0.2) is 0 Å². The number of esters is 1. The lowest BCUT2D eigenvalue weighted by Crippen LogP contribution is -2.28. The molecule has 0 atom stereocenters. The third kappa shape index (κ3) is 5.08. The molecule has 0 bridgehead atoms. The number of ether oxygens (including phenoxy) is 1. The van der Waals surface area contributed by atoms with Crippen molar-refractivity contribution in [3.05, 3.63) is 0 Å². The quantitative estimate of drug-likeness (QED) is 0.517. The van der Waals surface area contributed by atoms with Gasteiger partial charge in [-0.2, -0.15) is 0 Å². The first kappa shape index (κ1) is 12.7. The number of carbonyl (C=O) groups excluding carboxylic acids is 1. The average molecular weight is 202 g/mol. The summed E-state index contributed by atoms with van der Waals surface area (Å²) in [7, 11) is -0.763. The molecule has 0 radical (unpaired) electrons. The summed E-state index contributed by atoms with van der Waals surface area (Å²) in [5.41, 5.74) is -0.347. The molecule has 0 aliphatic carbocycles. The molecular weight excluding hydrogens is 180 g/mol. The maximum absolute atomic E-state index is 11.4. The van der Waals surface area contributed by atoms with E-state index in [0.717, 1.165) is 0 Å². The maximum Gasteiger partial charge on any atom is 0.310 e. The normalized spacial score (nSPS) is 11.8. The molecule has 0 N–H and O–H groups in total. The van der Waals surface area contributed by atoms with Crippen molar-refractivity contribution >= 4 is 14.8 Å². The van der Waals surface area contributed by atoms with Gasteiger partial charge in [0.1, 0.15) is 0 Å². The lowest BCUT2D eigenvalue weighted by atomic mass is 9.98. The minimum absolute atomic E-state index is 0.0631. The lowest BCUT2D eigenvalue weighted by molar-refractivity contribution is -0.150. The second kappa shape index (κ2) is 5.42. The Morgan fingerprint density at radius 3 is 2.00 bits per heavy atom. The number of hydrogen-bond acceptors (Lipinski definition) is 2. The van der Waals surface area contributed by atoms with Gasteiger partial charge in [0, 0.05) is 0 Å². The average Bonchev–Trinajstić information content (AvgIpc) is 2.04. The molecule has 0 fully saturated rings. The van der Waals surface area contributed by atoms with E-state index in [9.17, 15) is 4.79 Å². The van der Waals surface area contributed by atoms with E-state index in [1.54, 1.807) is 0 Å². The highest BCUT2D eigenvalue weighted by atomic mass is 28.3. The van der Waals surface area contributed by atoms with Crippen LogP contribution in [0.1, 0.15) is 34.6 Å². The molecule has 0 saturated heterocycles. The van der Waals surface area contributed by atoms with Crippen LogP contribution in [0.4, 0.5) is 0 Å². The third-order valence-electron chi connectivity index (χ3n) is 2.22. The highest BCUT2D eigenvalue weighted by molar-refractivity contribution is 6.58. The van der Waals surface area contributed by atoms with E-state index in [1.165, 1.54) is 12.1 Å². The maximum atomic E-state index is 11.4. The minimum atomic E-state index is -0.763. The second-order valence-electron chi connectivity index (χ2n) is 4.53. The monoisotopic (exact) mass is 202 g/mol. The summed E-state index contributed by atoms with van der Waals surface area (Å²) in [5.74, 6) is -0.0631. The van der Waals surface area contributed by atoms with E-state index >= 15 is 0 Å². The van der Waals surface area contributed by atoms with Gasteiger partial charge in [-0.25, -0.2) is 0 Å². The van der Waals surface area contributed by atoms with Crippen molar-refractivity contribution in [2.24, 2.45) is 5.41 Å². The Labute approximate surface area is 83.3 Å². The van der Waals surface area contributed by atoms with E-state index < -0.39 is 8.80 Å². The molecule has 0 spiro atoms. The molecule has 0 unspecified atom stereocenters. The zero-order valence-corrected chi connectivity index (χ0v) is 10.7. The molecule has 0 aromatic rings. The van der Waals surface area contributed by atoms with Gasteiger partial charge in [-0.05, 0) is 20.8 Å². The zero-order chi connectivity index (χ0) is 10.5. The molecule has 2 nitrogen and oxygen atoms in total. The highest BCUT2D eigenvalue weighted by Crippen LogP contribution is 2.15. The van der Waals surface area contributed by atoms with Crippen molar-refractivity contribution in [3.8, 4) is 0 Å². The predicted octanol–water partition coefficient (Wildman–Crippen LogP) is 2.38. The molecule has 0 aliphatic rings. The number of hydrogen-bond donors (Lipinski definition) is 0. The van der Waals surface area contributed by atoms with E-state index in [4.69, 9.17) is 4.74 Å². The molecule has 0 saturated carbocycles. The van der Waals surface area contributed by atoms with Crippen molar-refractivity contribution in [2.75, 3.05) is 6.23 Å². The minimum Gasteiger partial charge on any atom is -0.469 e. The summed E-state index contributed by atoms with van der Waals surface area (Å²) in [6, 6.07) is 2.43. The molecule has 0 amide bonds. The highest BCUT2D eigenvalue weighted by Gasteiger charge is 2.23. The van der Waals surface area contributed by atoms with Gasteiger partial charge in [0.25, 0.3) is 0 Å². The van der Waals surface area contributed by atoms with E-state index in [-0.39, 0.29) is 11.4 Å². The van der Waals surface area contributed by atoms with Gasteiger partial charge in [0.2, 0.25) is 0 Å². The van der Waals surface area contributed by atoms with Gasteiger partial charge in [-0.15, -0.1) is 0 Å². The summed E-state index contributed by atoms with van der Waals surface area (Å²) < 4.78 is 5.27. The Morgan fingerprint density at radius 1 is 1.23 bits per heavy atom. The Bertz CT molecular complexity index is 157. The Hall–Kier alpha value is -0.313. The predicted molar refractivity (Wildman–Crippen MR) is 58.5 cm³/mol. The summed E-state index contributed by atoms with van der Waals surface area (Å²) in [4.78, 5) is 11.4. The largest absolute Gasteiger partial charge is 0.469 e. The summed E-state index contributed by atoms with van der Waals surface area (Å²) in [5, 5.41) is 0. The van der Waals surface area contributed by atoms with Gasteiger partial charge in [0.05, 0.1) is 20.4 Å². The van der Waals surface area contributed by atoms with Crippen LogP contribution in [0.2, 0.25) is 12.1 Å². The molecule has 13 heavy (non-hydrogen) atoms. The van der Waals surface area contributed by atoms with Crippen molar-refractivity contribution in [1.29, 1.82) is 0 Å². The molecule has 0 heterocycles. The zero-order valence-electron chi connectivity index (χ0n) is 9.52. The number of rotatable bonds is 4. The number of carbonyl (C=O) groups is 1. The van der Waals surface area contributed by atoms with Gasteiger partial charge < -0.3 is 4.74 Å². The fraction of sp³-hybridized carbons (Fsp3) is 0.900. The van der Waals surface area contributed by atoms with E-state index in [1.807, 2.05) is 20.8 Å². The Morgan fingerprint density at radius 2 is 1.69 bits per heavy atom. The molecular formula is C10H22O2Si. The summed E-state index contributed by atoms with van der Waals surface area (Å²) in [6.07, 6.45) is 0.711. The van der Waals surface area contributed by atoms with Crippen molar-refractivity contribution in [3.63, 3.8) is 0 Å². The van der Waals surface area contributed by atoms with Crippen LogP contribution in [0.3, 0.4) is 0 Å². The lowest BCUT2D eigenvalue weighted by Gasteiger charge is -2.18. The van der Waals surface area contributed by atoms with Crippen LogP contribution >= 0.6 is 0 Å². The van der Waals surface area contributed by atoms with Crippen LogP contribution in [-0.4, -0.2) is 21.0 Å². The standard InChI is InChI=1S/C10H22O2Si/c1-6-13(7-2)8-12-9(11)10(3,4)5/h13H,6-8H2,1-5H3. The SMILES string of the molecule is CC[SiH](CC)COC(=O)C(C)(C)C. The molecule has 0 rings (SSSR count). The molecule has 0 aromatic heterocycles. The van der Waals surface area contributed by atoms with E-state index in [0.29, 0.717) is 6.23 Å². The fourth-order valence-corrected chi connectivity index (χ4v) is 2.37. The van der Waals surface area contributed by atoms with Crippen LogP contribution < -0.4 is 0 Å². The van der Waals surface area contributed by atoms with Gasteiger partial charge in [-0.1, -0.05) is 25.9 Å². The fourth-order valence-electron chi connectivity index (χ4n) is 0.934. The molecule has 0 aromatic carbocycles. The molecule has 78 valence electrons. The topological polar surface area (TPSA) is 26.3 Å². The van der Waals surface area contributed by atoms with Gasteiger partial charge in [-0.3, -0.25) is 4.79 Å². The molecule has 0 aliphatic heterocycles. The van der Waals surface area contributed by atoms with Crippen molar-refractivity contribution in [1.82, 2.24) is 0 Å². The first-order valence-corrected chi connectivity index (χ1v) is 7.54. The van der Waals surface area contributed by atoms with Crippen LogP contribution in [-0.2, 0) is 9.53 Å². The van der Waals surface area contributed by atoms with Crippen LogP contribution in [0.15, 0.2) is 0 Å². The Kier molecular flexibility index (Phi) is 5.29. The smallest absolute Gasteiger partial charge is 0.310 e. The Balaban J connectivity index is 3.82. The van der Waals surface area contributed by atoms with Gasteiger partial charge >= 0.3 is 5.97 Å². The second-order valence-corrected chi connectivity index (χ2v) is 8.23. The van der Waals surface area contributed by atoms with Crippen LogP contribution in [0.5, 0.6) is 0 Å². The third-order valence-corrected chi connectivity index (χ3v) is 5.16. The van der Waals surface area contributed by atoms with E-state index in [2.05, 4.69) is 13.8 Å². The van der Waals surface area contributed by atoms with Crippen molar-refractivity contribution in [2.45, 2.75) is 46.7 Å². The summed E-state index contributed by atoms with van der Waals surface area (Å²) >= 11 is 0. The first-order chi connectivity index (χ1) is 5.91. The first-order valence-electron chi connectivity index (χ1n) is 5.09. The van der Waals surface area contributed by atoms with Crippen molar-refractivity contribution < 1.29 is 9.53 Å². The summed E-state index contributed by atoms with van der Waals surface area (Å²) in [6.45, 7) is 10.0.